The van der Waals surface area contributed by atoms with Crippen molar-refractivity contribution in [3.63, 3.8) is 0 Å². The zero-order valence-corrected chi connectivity index (χ0v) is 14.8. The first-order chi connectivity index (χ1) is 13.3. The van der Waals surface area contributed by atoms with E-state index in [0.29, 0.717) is 0 Å². The lowest BCUT2D eigenvalue weighted by Gasteiger charge is -2.28. The molecule has 2 heterocycles. The molecule has 0 fully saturated rings. The van der Waals surface area contributed by atoms with E-state index in [0.717, 1.165) is 5.69 Å². The van der Waals surface area contributed by atoms with E-state index in [1.54, 1.807) is 0 Å². The first-order valence-electron chi connectivity index (χ1n) is 9.34. The number of nitrogens with two attached hydrogens (primary N) is 1. The molecule has 3 aromatic carbocycles. The fourth-order valence-electron chi connectivity index (χ4n) is 4.83. The zero-order chi connectivity index (χ0) is 18.0. The Kier molecular flexibility index (Phi) is 2.94. The molecule has 0 saturated heterocycles. The van der Waals surface area contributed by atoms with E-state index in [1.807, 2.05) is 5.01 Å². The number of rotatable bonds is 1. The smallest absolute Gasteiger partial charge is 0.0832 e. The van der Waals surface area contributed by atoms with E-state index < -0.39 is 0 Å². The Morgan fingerprint density at radius 1 is 0.778 bits per heavy atom. The molecule has 2 atom stereocenters. The average Bonchev–Trinajstić information content (AvgIpc) is 3.22. The van der Waals surface area contributed by atoms with Gasteiger partial charge in [-0.25, -0.2) is 5.84 Å². The lowest BCUT2D eigenvalue weighted by molar-refractivity contribution is 0.624. The van der Waals surface area contributed by atoms with Crippen LogP contribution in [0.4, 0.5) is 5.69 Å². The molecule has 6 rings (SSSR count). The summed E-state index contributed by atoms with van der Waals surface area (Å²) in [4.78, 5) is 0. The third-order valence-electron chi connectivity index (χ3n) is 5.94. The largest absolute Gasteiger partial charge is 0.310 e. The van der Waals surface area contributed by atoms with Crippen molar-refractivity contribution in [2.75, 3.05) is 5.01 Å². The lowest BCUT2D eigenvalue weighted by atomic mass is 9.85. The summed E-state index contributed by atoms with van der Waals surface area (Å²) >= 11 is 0. The van der Waals surface area contributed by atoms with Crippen molar-refractivity contribution in [1.29, 1.82) is 0 Å². The van der Waals surface area contributed by atoms with E-state index in [1.165, 1.54) is 33.4 Å². The van der Waals surface area contributed by atoms with E-state index in [2.05, 4.69) is 95.6 Å². The van der Waals surface area contributed by atoms with Gasteiger partial charge in [-0.15, -0.1) is 0 Å². The minimum Gasteiger partial charge on any atom is -0.310 e. The van der Waals surface area contributed by atoms with Gasteiger partial charge in [-0.2, -0.15) is 0 Å². The molecule has 0 saturated carbocycles. The summed E-state index contributed by atoms with van der Waals surface area (Å²) in [5.74, 6) is 6.93. The Hall–Kier alpha value is -3.30. The summed E-state index contributed by atoms with van der Waals surface area (Å²) in [6.07, 6.45) is 4.59. The second-order valence-corrected chi connectivity index (χ2v) is 7.28. The molecule has 0 radical (unpaired) electrons. The van der Waals surface area contributed by atoms with E-state index in [4.69, 9.17) is 5.84 Å². The number of anilines is 1. The predicted octanol–water partition coefficient (Wildman–Crippen LogP) is 5.18. The number of aromatic nitrogens is 1. The quantitative estimate of drug-likeness (QED) is 0.481. The van der Waals surface area contributed by atoms with Crippen molar-refractivity contribution in [3.8, 4) is 5.69 Å². The monoisotopic (exact) mass is 349 g/mol. The molecular formula is C24H19N3. The Morgan fingerprint density at radius 3 is 2.41 bits per heavy atom. The van der Waals surface area contributed by atoms with Gasteiger partial charge in [0.25, 0.3) is 0 Å². The van der Waals surface area contributed by atoms with Crippen molar-refractivity contribution in [2.45, 2.75) is 12.0 Å². The summed E-state index contributed by atoms with van der Waals surface area (Å²) in [6, 6.07) is 27.8. The zero-order valence-electron chi connectivity index (χ0n) is 14.8. The number of para-hydroxylation sites is 3. The molecule has 1 aliphatic heterocycles. The maximum atomic E-state index is 6.64. The number of benzene rings is 3. The van der Waals surface area contributed by atoms with E-state index in [-0.39, 0.29) is 12.0 Å². The molecule has 4 aromatic rings. The van der Waals surface area contributed by atoms with Crippen LogP contribution in [0.25, 0.3) is 22.7 Å². The Bertz CT molecular complexity index is 1200. The van der Waals surface area contributed by atoms with Crippen LogP contribution in [0.1, 0.15) is 28.8 Å². The predicted molar refractivity (Wildman–Crippen MR) is 111 cm³/mol. The van der Waals surface area contributed by atoms with Gasteiger partial charge in [-0.1, -0.05) is 60.7 Å². The number of hydrogen-bond acceptors (Lipinski definition) is 2. The highest BCUT2D eigenvalue weighted by Crippen LogP contribution is 2.53. The molecule has 1 aliphatic carbocycles. The van der Waals surface area contributed by atoms with E-state index in [9.17, 15) is 0 Å². The summed E-state index contributed by atoms with van der Waals surface area (Å²) in [5.41, 5.74) is 7.39. The standard InChI is InChI=1S/C24H19N3/c25-27-21-13-7-4-10-17(21)18-14-15-22-23(24(18)27)19-11-5-6-12-20(19)26(22)16-8-2-1-3-9-16/h1-15,18,24H,25H2. The highest BCUT2D eigenvalue weighted by atomic mass is 15.4. The Labute approximate surface area is 157 Å². The number of hydrogen-bond donors (Lipinski definition) is 1. The highest BCUT2D eigenvalue weighted by molar-refractivity contribution is 5.93. The van der Waals surface area contributed by atoms with Gasteiger partial charge in [0.05, 0.1) is 22.9 Å². The van der Waals surface area contributed by atoms with E-state index >= 15 is 0 Å². The molecular weight excluding hydrogens is 330 g/mol. The lowest BCUT2D eigenvalue weighted by Crippen LogP contribution is -2.34. The molecule has 2 unspecified atom stereocenters. The maximum Gasteiger partial charge on any atom is 0.0832 e. The molecule has 0 amide bonds. The highest BCUT2D eigenvalue weighted by Gasteiger charge is 2.41. The molecule has 0 bridgehead atoms. The van der Waals surface area contributed by atoms with Gasteiger partial charge in [0.15, 0.2) is 0 Å². The minimum absolute atomic E-state index is 0.122. The number of fused-ring (bicyclic) bond motifs is 7. The second-order valence-electron chi connectivity index (χ2n) is 7.28. The summed E-state index contributed by atoms with van der Waals surface area (Å²) < 4.78 is 2.36. The van der Waals surface area contributed by atoms with Crippen LogP contribution in [0.2, 0.25) is 0 Å². The normalized spacial score (nSPS) is 19.8. The number of hydrazine groups is 1. The van der Waals surface area contributed by atoms with Crippen molar-refractivity contribution in [2.24, 2.45) is 5.84 Å². The van der Waals surface area contributed by atoms with Gasteiger partial charge < -0.3 is 9.58 Å². The topological polar surface area (TPSA) is 34.2 Å². The first-order valence-corrected chi connectivity index (χ1v) is 9.34. The van der Waals surface area contributed by atoms with Crippen LogP contribution < -0.4 is 10.9 Å². The third-order valence-corrected chi connectivity index (χ3v) is 5.94. The molecule has 130 valence electrons. The Morgan fingerprint density at radius 2 is 1.52 bits per heavy atom. The van der Waals surface area contributed by atoms with Crippen LogP contribution in [0.15, 0.2) is 84.9 Å². The summed E-state index contributed by atoms with van der Waals surface area (Å²) in [5, 5.41) is 3.24. The van der Waals surface area contributed by atoms with Gasteiger partial charge in [0, 0.05) is 22.6 Å². The molecule has 27 heavy (non-hydrogen) atoms. The molecule has 3 nitrogen and oxygen atoms in total. The van der Waals surface area contributed by atoms with Crippen LogP contribution in [-0.2, 0) is 0 Å². The first kappa shape index (κ1) is 14.8. The van der Waals surface area contributed by atoms with Gasteiger partial charge in [0.1, 0.15) is 0 Å². The van der Waals surface area contributed by atoms with Crippen molar-refractivity contribution in [1.82, 2.24) is 4.57 Å². The van der Waals surface area contributed by atoms with Crippen molar-refractivity contribution < 1.29 is 0 Å². The molecule has 1 aromatic heterocycles. The van der Waals surface area contributed by atoms with Crippen LogP contribution in [-0.4, -0.2) is 4.57 Å². The summed E-state index contributed by atoms with van der Waals surface area (Å²) in [7, 11) is 0. The van der Waals surface area contributed by atoms with Gasteiger partial charge in [-0.3, -0.25) is 0 Å². The maximum absolute atomic E-state index is 6.64. The van der Waals surface area contributed by atoms with Gasteiger partial charge in [0.2, 0.25) is 0 Å². The fraction of sp³-hybridized carbons (Fsp3) is 0.0833. The Balaban J connectivity index is 1.68. The second kappa shape index (κ2) is 5.35. The van der Waals surface area contributed by atoms with Crippen LogP contribution in [0.5, 0.6) is 0 Å². The molecule has 2 aliphatic rings. The van der Waals surface area contributed by atoms with Crippen LogP contribution >= 0.6 is 0 Å². The molecule has 0 spiro atoms. The van der Waals surface area contributed by atoms with Gasteiger partial charge in [-0.05, 0) is 35.9 Å². The number of nitrogens with zero attached hydrogens (tertiary/aromatic N) is 2. The van der Waals surface area contributed by atoms with Crippen LogP contribution in [0.3, 0.4) is 0 Å². The summed E-state index contributed by atoms with van der Waals surface area (Å²) in [6.45, 7) is 0. The molecule has 3 heteroatoms. The van der Waals surface area contributed by atoms with Gasteiger partial charge >= 0.3 is 0 Å². The van der Waals surface area contributed by atoms with Crippen molar-refractivity contribution >= 4 is 22.7 Å². The SMILES string of the molecule is NN1c2ccccc2C2C=Cc3c(c4ccccc4n3-c3ccccc3)C21. The minimum atomic E-state index is 0.122. The third kappa shape index (κ3) is 1.89. The average molecular weight is 349 g/mol. The van der Waals surface area contributed by atoms with Crippen molar-refractivity contribution in [3.05, 3.63) is 102 Å². The fourth-order valence-corrected chi connectivity index (χ4v) is 4.83. The molecule has 2 N–H and O–H groups in total. The van der Waals surface area contributed by atoms with Crippen LogP contribution in [0, 0.1) is 0 Å².